The maximum Gasteiger partial charge on any atom is 0.254 e. The third kappa shape index (κ3) is 3.74. The average molecular weight is 295 g/mol. The highest BCUT2D eigenvalue weighted by molar-refractivity contribution is 6.31. The maximum atomic E-state index is 12.7. The Balaban J connectivity index is 2.16. The van der Waals surface area contributed by atoms with Crippen LogP contribution in [0.2, 0.25) is 5.02 Å². The molecule has 1 atom stereocenters. The topological polar surface area (TPSA) is 32.3 Å². The Morgan fingerprint density at radius 2 is 2.20 bits per heavy atom. The minimum absolute atomic E-state index is 0.122. The van der Waals surface area contributed by atoms with Gasteiger partial charge in [0.05, 0.1) is 0 Å². The summed E-state index contributed by atoms with van der Waals surface area (Å²) in [5, 5.41) is 3.81. The van der Waals surface area contributed by atoms with Crippen molar-refractivity contribution < 1.29 is 4.79 Å². The van der Waals surface area contributed by atoms with Crippen LogP contribution in [0.1, 0.15) is 41.6 Å². The standard InChI is InChI=1S/C16H23ClN2O/c1-12-9-13(11-14(17)10-12)16(20)19-8-4-3-5-15(19)6-7-18-2/h9-11,15,18H,3-8H2,1-2H3. The SMILES string of the molecule is CNCCC1CCCCN1C(=O)c1cc(C)cc(Cl)c1. The fourth-order valence-electron chi connectivity index (χ4n) is 2.90. The van der Waals surface area contributed by atoms with Crippen LogP contribution in [0, 0.1) is 6.92 Å². The van der Waals surface area contributed by atoms with E-state index >= 15 is 0 Å². The molecule has 1 fully saturated rings. The Bertz CT molecular complexity index is 455. The van der Waals surface area contributed by atoms with Crippen molar-refractivity contribution in [2.45, 2.75) is 38.6 Å². The van der Waals surface area contributed by atoms with Crippen molar-refractivity contribution in [3.63, 3.8) is 0 Å². The van der Waals surface area contributed by atoms with Crippen LogP contribution in [0.4, 0.5) is 0 Å². The van der Waals surface area contributed by atoms with Crippen molar-refractivity contribution in [1.29, 1.82) is 0 Å². The summed E-state index contributed by atoms with van der Waals surface area (Å²) in [6.45, 7) is 3.78. The third-order valence-corrected chi connectivity index (χ3v) is 4.12. The zero-order chi connectivity index (χ0) is 14.5. The zero-order valence-electron chi connectivity index (χ0n) is 12.3. The predicted molar refractivity (Wildman–Crippen MR) is 83.4 cm³/mol. The molecule has 2 rings (SSSR count). The second-order valence-corrected chi connectivity index (χ2v) is 5.99. The molecule has 1 unspecified atom stereocenters. The number of carbonyl (C=O) groups excluding carboxylic acids is 1. The van der Waals surface area contributed by atoms with E-state index in [-0.39, 0.29) is 5.91 Å². The Labute approximate surface area is 126 Å². The number of amides is 1. The predicted octanol–water partition coefficient (Wildman–Crippen LogP) is 3.25. The molecule has 3 nitrogen and oxygen atoms in total. The number of nitrogens with one attached hydrogen (secondary N) is 1. The maximum absolute atomic E-state index is 12.7. The number of halogens is 1. The molecule has 0 radical (unpaired) electrons. The van der Waals surface area contributed by atoms with Gasteiger partial charge in [0.2, 0.25) is 0 Å². The van der Waals surface area contributed by atoms with Crippen molar-refractivity contribution >= 4 is 17.5 Å². The Morgan fingerprint density at radius 1 is 1.40 bits per heavy atom. The van der Waals surface area contributed by atoms with E-state index in [0.29, 0.717) is 16.6 Å². The molecule has 1 aromatic carbocycles. The average Bonchev–Trinajstić information content (AvgIpc) is 2.43. The van der Waals surface area contributed by atoms with Gasteiger partial charge in [-0.1, -0.05) is 11.6 Å². The molecule has 0 spiro atoms. The summed E-state index contributed by atoms with van der Waals surface area (Å²) in [6, 6.07) is 5.94. The highest BCUT2D eigenvalue weighted by Gasteiger charge is 2.27. The first kappa shape index (κ1) is 15.3. The molecule has 0 bridgehead atoms. The molecule has 1 heterocycles. The highest BCUT2D eigenvalue weighted by Crippen LogP contribution is 2.23. The number of aryl methyl sites for hydroxylation is 1. The number of piperidine rings is 1. The van der Waals surface area contributed by atoms with E-state index in [1.165, 1.54) is 6.42 Å². The van der Waals surface area contributed by atoms with Crippen LogP contribution in [-0.2, 0) is 0 Å². The monoisotopic (exact) mass is 294 g/mol. The number of hydrogen-bond donors (Lipinski definition) is 1. The molecular weight excluding hydrogens is 272 g/mol. The van der Waals surface area contributed by atoms with E-state index in [4.69, 9.17) is 11.6 Å². The van der Waals surface area contributed by atoms with E-state index < -0.39 is 0 Å². The van der Waals surface area contributed by atoms with E-state index in [2.05, 4.69) is 5.32 Å². The van der Waals surface area contributed by atoms with Gasteiger partial charge < -0.3 is 10.2 Å². The van der Waals surface area contributed by atoms with Gasteiger partial charge in [-0.25, -0.2) is 0 Å². The van der Waals surface area contributed by atoms with Gasteiger partial charge in [0.15, 0.2) is 0 Å². The Kier molecular flexibility index (Phi) is 5.44. The summed E-state index contributed by atoms with van der Waals surface area (Å²) in [5.41, 5.74) is 1.75. The zero-order valence-corrected chi connectivity index (χ0v) is 13.0. The van der Waals surface area contributed by atoms with E-state index in [1.54, 1.807) is 6.07 Å². The van der Waals surface area contributed by atoms with Gasteiger partial charge >= 0.3 is 0 Å². The normalized spacial score (nSPS) is 19.1. The number of rotatable bonds is 4. The first-order chi connectivity index (χ1) is 9.61. The largest absolute Gasteiger partial charge is 0.336 e. The van der Waals surface area contributed by atoms with Gasteiger partial charge in [-0.2, -0.15) is 0 Å². The van der Waals surface area contributed by atoms with Crippen molar-refractivity contribution in [2.24, 2.45) is 0 Å². The minimum Gasteiger partial charge on any atom is -0.336 e. The fraction of sp³-hybridized carbons (Fsp3) is 0.562. The van der Waals surface area contributed by atoms with Crippen molar-refractivity contribution in [3.05, 3.63) is 34.3 Å². The van der Waals surface area contributed by atoms with Crippen molar-refractivity contribution in [3.8, 4) is 0 Å². The fourth-order valence-corrected chi connectivity index (χ4v) is 3.19. The van der Waals surface area contributed by atoms with Crippen LogP contribution in [0.15, 0.2) is 18.2 Å². The highest BCUT2D eigenvalue weighted by atomic mass is 35.5. The molecule has 1 aromatic rings. The van der Waals surface area contributed by atoms with Gasteiger partial charge in [0.1, 0.15) is 0 Å². The van der Waals surface area contributed by atoms with Crippen LogP contribution in [0.25, 0.3) is 0 Å². The van der Waals surface area contributed by atoms with E-state index in [0.717, 1.165) is 37.9 Å². The summed E-state index contributed by atoms with van der Waals surface area (Å²) in [4.78, 5) is 14.8. The minimum atomic E-state index is 0.122. The lowest BCUT2D eigenvalue weighted by molar-refractivity contribution is 0.0602. The lowest BCUT2D eigenvalue weighted by Crippen LogP contribution is -2.44. The van der Waals surface area contributed by atoms with Gasteiger partial charge in [-0.05, 0) is 70.0 Å². The van der Waals surface area contributed by atoms with Crippen molar-refractivity contribution in [2.75, 3.05) is 20.1 Å². The second kappa shape index (κ2) is 7.09. The first-order valence-electron chi connectivity index (χ1n) is 7.34. The smallest absolute Gasteiger partial charge is 0.254 e. The van der Waals surface area contributed by atoms with Gasteiger partial charge in [0, 0.05) is 23.2 Å². The molecule has 1 N–H and O–H groups in total. The number of benzene rings is 1. The number of hydrogen-bond acceptors (Lipinski definition) is 2. The summed E-state index contributed by atoms with van der Waals surface area (Å²) in [5.74, 6) is 0.122. The molecule has 1 saturated heterocycles. The van der Waals surface area contributed by atoms with Crippen molar-refractivity contribution in [1.82, 2.24) is 10.2 Å². The van der Waals surface area contributed by atoms with Crippen LogP contribution in [0.5, 0.6) is 0 Å². The molecule has 1 amide bonds. The molecule has 1 aliphatic rings. The lowest BCUT2D eigenvalue weighted by atomic mass is 9.98. The number of carbonyl (C=O) groups is 1. The molecule has 4 heteroatoms. The Hall–Kier alpha value is -1.06. The molecule has 20 heavy (non-hydrogen) atoms. The molecule has 0 aliphatic carbocycles. The van der Waals surface area contributed by atoms with Crippen LogP contribution in [0.3, 0.4) is 0 Å². The Morgan fingerprint density at radius 3 is 2.90 bits per heavy atom. The molecule has 0 aromatic heterocycles. The van der Waals surface area contributed by atoms with Crippen LogP contribution in [-0.4, -0.2) is 37.0 Å². The van der Waals surface area contributed by atoms with E-state index in [9.17, 15) is 4.79 Å². The quantitative estimate of drug-likeness (QED) is 0.924. The summed E-state index contributed by atoms with van der Waals surface area (Å²) in [7, 11) is 1.95. The first-order valence-corrected chi connectivity index (χ1v) is 7.72. The molecule has 0 saturated carbocycles. The third-order valence-electron chi connectivity index (χ3n) is 3.90. The van der Waals surface area contributed by atoms with Gasteiger partial charge in [-0.3, -0.25) is 4.79 Å². The number of likely N-dealkylation sites (tertiary alicyclic amines) is 1. The molecular formula is C16H23ClN2O. The second-order valence-electron chi connectivity index (χ2n) is 5.56. The van der Waals surface area contributed by atoms with Crippen LogP contribution >= 0.6 is 11.6 Å². The lowest BCUT2D eigenvalue weighted by Gasteiger charge is -2.36. The van der Waals surface area contributed by atoms with E-state index in [1.807, 2.05) is 31.0 Å². The summed E-state index contributed by atoms with van der Waals surface area (Å²) >= 11 is 6.07. The number of nitrogens with zero attached hydrogens (tertiary/aromatic N) is 1. The van der Waals surface area contributed by atoms with Gasteiger partial charge in [0.25, 0.3) is 5.91 Å². The molecule has 110 valence electrons. The van der Waals surface area contributed by atoms with Crippen LogP contribution < -0.4 is 5.32 Å². The molecule has 1 aliphatic heterocycles. The summed E-state index contributed by atoms with van der Waals surface area (Å²) < 4.78 is 0. The summed E-state index contributed by atoms with van der Waals surface area (Å²) in [6.07, 6.45) is 4.43. The van der Waals surface area contributed by atoms with Gasteiger partial charge in [-0.15, -0.1) is 0 Å².